The van der Waals surface area contributed by atoms with Gasteiger partial charge < -0.3 is 11.5 Å². The van der Waals surface area contributed by atoms with Gasteiger partial charge in [-0.2, -0.15) is 0 Å². The molecular formula is C11H9FN4OS. The van der Waals surface area contributed by atoms with Crippen molar-refractivity contribution in [1.29, 1.82) is 0 Å². The average molecular weight is 264 g/mol. The Morgan fingerprint density at radius 2 is 1.89 bits per heavy atom. The fraction of sp³-hybridized carbons (Fsp3) is 0. The Kier molecular flexibility index (Phi) is 3.42. The van der Waals surface area contributed by atoms with Crippen LogP contribution < -0.4 is 11.5 Å². The number of nitrogen functional groups attached to an aromatic ring is 2. The predicted octanol–water partition coefficient (Wildman–Crippen LogP) is 1.74. The van der Waals surface area contributed by atoms with Gasteiger partial charge in [-0.1, -0.05) is 6.07 Å². The van der Waals surface area contributed by atoms with Gasteiger partial charge in [-0.05, 0) is 23.9 Å². The highest BCUT2D eigenvalue weighted by atomic mass is 32.2. The average Bonchev–Trinajstić information content (AvgIpc) is 2.27. The Bertz CT molecular complexity index is 585. The molecule has 0 aliphatic rings. The van der Waals surface area contributed by atoms with Crippen LogP contribution in [0.3, 0.4) is 0 Å². The van der Waals surface area contributed by atoms with Gasteiger partial charge in [0, 0.05) is 11.0 Å². The fourth-order valence-corrected chi connectivity index (χ4v) is 2.23. The molecule has 0 unspecified atom stereocenters. The van der Waals surface area contributed by atoms with Gasteiger partial charge in [0.25, 0.3) is 0 Å². The number of nitrogens with zero attached hydrogens (tertiary/aromatic N) is 2. The fourth-order valence-electron chi connectivity index (χ4n) is 1.33. The molecule has 0 bridgehead atoms. The van der Waals surface area contributed by atoms with Gasteiger partial charge >= 0.3 is 0 Å². The summed E-state index contributed by atoms with van der Waals surface area (Å²) in [5.41, 5.74) is 11.0. The van der Waals surface area contributed by atoms with Crippen LogP contribution in [0.15, 0.2) is 34.3 Å². The summed E-state index contributed by atoms with van der Waals surface area (Å²) >= 11 is 1.03. The molecule has 5 nitrogen and oxygen atoms in total. The molecular weight excluding hydrogens is 255 g/mol. The lowest BCUT2D eigenvalue weighted by molar-refractivity contribution is 0.111. The van der Waals surface area contributed by atoms with Crippen LogP contribution in [0.4, 0.5) is 16.0 Å². The van der Waals surface area contributed by atoms with Crippen molar-refractivity contribution in [2.24, 2.45) is 0 Å². The molecule has 0 radical (unpaired) electrons. The van der Waals surface area contributed by atoms with Crippen LogP contribution >= 0.6 is 11.8 Å². The van der Waals surface area contributed by atoms with Crippen molar-refractivity contribution in [3.8, 4) is 0 Å². The van der Waals surface area contributed by atoms with E-state index in [-0.39, 0.29) is 22.4 Å². The van der Waals surface area contributed by atoms with Gasteiger partial charge in [-0.3, -0.25) is 4.79 Å². The van der Waals surface area contributed by atoms with Crippen LogP contribution in [0.25, 0.3) is 0 Å². The van der Waals surface area contributed by atoms with Crippen molar-refractivity contribution in [3.05, 3.63) is 35.6 Å². The molecule has 0 amide bonds. The first-order chi connectivity index (χ1) is 8.60. The summed E-state index contributed by atoms with van der Waals surface area (Å²) in [6.45, 7) is 0. The van der Waals surface area contributed by atoms with E-state index >= 15 is 0 Å². The minimum atomic E-state index is -0.591. The van der Waals surface area contributed by atoms with Crippen molar-refractivity contribution in [2.75, 3.05) is 11.5 Å². The molecule has 0 fully saturated rings. The largest absolute Gasteiger partial charge is 0.383 e. The zero-order valence-corrected chi connectivity index (χ0v) is 9.95. The molecule has 7 heteroatoms. The van der Waals surface area contributed by atoms with Crippen LogP contribution in [-0.4, -0.2) is 16.3 Å². The summed E-state index contributed by atoms with van der Waals surface area (Å²) in [7, 11) is 0. The van der Waals surface area contributed by atoms with E-state index in [1.54, 1.807) is 6.07 Å². The molecule has 92 valence electrons. The molecule has 2 rings (SSSR count). The lowest BCUT2D eigenvalue weighted by atomic mass is 10.2. The molecule has 1 heterocycles. The molecule has 1 aromatic carbocycles. The first-order valence-corrected chi connectivity index (χ1v) is 5.73. The number of carbonyl (C=O) groups is 1. The van der Waals surface area contributed by atoms with Crippen molar-refractivity contribution in [2.45, 2.75) is 10.1 Å². The Labute approximate surface area is 106 Å². The molecule has 4 N–H and O–H groups in total. The zero-order valence-electron chi connectivity index (χ0n) is 9.13. The SMILES string of the molecule is Nc1cc(N)nc(Sc2cccc(F)c2C=O)n1. The van der Waals surface area contributed by atoms with Crippen molar-refractivity contribution in [1.82, 2.24) is 9.97 Å². The molecule has 0 aliphatic heterocycles. The molecule has 0 aliphatic carbocycles. The number of rotatable bonds is 3. The third kappa shape index (κ3) is 2.57. The molecule has 0 atom stereocenters. The number of nitrogens with two attached hydrogens (primary N) is 2. The minimum Gasteiger partial charge on any atom is -0.383 e. The number of hydrogen-bond donors (Lipinski definition) is 2. The molecule has 0 saturated heterocycles. The van der Waals surface area contributed by atoms with E-state index in [0.29, 0.717) is 11.2 Å². The van der Waals surface area contributed by atoms with E-state index in [9.17, 15) is 9.18 Å². The smallest absolute Gasteiger partial charge is 0.196 e. The van der Waals surface area contributed by atoms with Crippen LogP contribution in [-0.2, 0) is 0 Å². The summed E-state index contributed by atoms with van der Waals surface area (Å²) < 4.78 is 13.4. The maximum atomic E-state index is 13.4. The van der Waals surface area contributed by atoms with Crippen molar-refractivity contribution in [3.63, 3.8) is 0 Å². The number of carbonyl (C=O) groups excluding carboxylic acids is 1. The van der Waals surface area contributed by atoms with E-state index in [1.165, 1.54) is 18.2 Å². The van der Waals surface area contributed by atoms with Crippen LogP contribution in [0.2, 0.25) is 0 Å². The molecule has 0 spiro atoms. The highest BCUT2D eigenvalue weighted by Crippen LogP contribution is 2.29. The minimum absolute atomic E-state index is 0.0351. The van der Waals surface area contributed by atoms with Crippen LogP contribution in [0, 0.1) is 5.82 Å². The standard InChI is InChI=1S/C11H9FN4OS/c12-7-2-1-3-8(6(7)5-17)18-11-15-9(13)4-10(14)16-11/h1-5H,(H4,13,14,15,16). The number of hydrogen-bond acceptors (Lipinski definition) is 6. The van der Waals surface area contributed by atoms with E-state index in [1.807, 2.05) is 0 Å². The first kappa shape index (κ1) is 12.3. The van der Waals surface area contributed by atoms with Gasteiger partial charge in [0.2, 0.25) is 0 Å². The highest BCUT2D eigenvalue weighted by molar-refractivity contribution is 7.99. The molecule has 0 saturated carbocycles. The number of anilines is 2. The predicted molar refractivity (Wildman–Crippen MR) is 66.8 cm³/mol. The summed E-state index contributed by atoms with van der Waals surface area (Å²) in [6, 6.07) is 5.72. The summed E-state index contributed by atoms with van der Waals surface area (Å²) in [4.78, 5) is 19.1. The maximum Gasteiger partial charge on any atom is 0.196 e. The van der Waals surface area contributed by atoms with E-state index < -0.39 is 5.82 Å². The lowest BCUT2D eigenvalue weighted by Gasteiger charge is -2.05. The van der Waals surface area contributed by atoms with Gasteiger partial charge in [0.05, 0.1) is 5.56 Å². The summed E-state index contributed by atoms with van der Waals surface area (Å²) in [5, 5.41) is 0.265. The third-order valence-electron chi connectivity index (χ3n) is 2.08. The van der Waals surface area contributed by atoms with E-state index in [0.717, 1.165) is 11.8 Å². The van der Waals surface area contributed by atoms with Gasteiger partial charge in [-0.25, -0.2) is 14.4 Å². The van der Waals surface area contributed by atoms with Gasteiger partial charge in [-0.15, -0.1) is 0 Å². The second-order valence-electron chi connectivity index (χ2n) is 3.37. The van der Waals surface area contributed by atoms with E-state index in [4.69, 9.17) is 11.5 Å². The Hall–Kier alpha value is -2.15. The van der Waals surface area contributed by atoms with Crippen LogP contribution in [0.1, 0.15) is 10.4 Å². The number of aromatic nitrogens is 2. The summed E-state index contributed by atoms with van der Waals surface area (Å²) in [5.74, 6) is -0.157. The number of halogens is 1. The monoisotopic (exact) mass is 264 g/mol. The Morgan fingerprint density at radius 3 is 2.50 bits per heavy atom. The molecule has 1 aromatic heterocycles. The summed E-state index contributed by atoms with van der Waals surface area (Å²) in [6.07, 6.45) is 0.452. The Morgan fingerprint density at radius 1 is 1.22 bits per heavy atom. The second-order valence-corrected chi connectivity index (χ2v) is 4.38. The normalized spacial score (nSPS) is 10.3. The number of benzene rings is 1. The first-order valence-electron chi connectivity index (χ1n) is 4.91. The third-order valence-corrected chi connectivity index (χ3v) is 3.02. The van der Waals surface area contributed by atoms with Crippen LogP contribution in [0.5, 0.6) is 0 Å². The molecule has 18 heavy (non-hydrogen) atoms. The maximum absolute atomic E-state index is 13.4. The van der Waals surface area contributed by atoms with Crippen molar-refractivity contribution >= 4 is 29.7 Å². The van der Waals surface area contributed by atoms with Crippen molar-refractivity contribution < 1.29 is 9.18 Å². The Balaban J connectivity index is 2.39. The van der Waals surface area contributed by atoms with E-state index in [2.05, 4.69) is 9.97 Å². The second kappa shape index (κ2) is 5.01. The van der Waals surface area contributed by atoms with Gasteiger partial charge in [0.15, 0.2) is 11.4 Å². The topological polar surface area (TPSA) is 94.9 Å². The lowest BCUT2D eigenvalue weighted by Crippen LogP contribution is -1.99. The molecule has 2 aromatic rings. The quantitative estimate of drug-likeness (QED) is 0.647. The zero-order chi connectivity index (χ0) is 13.1. The highest BCUT2D eigenvalue weighted by Gasteiger charge is 2.11. The van der Waals surface area contributed by atoms with Gasteiger partial charge in [0.1, 0.15) is 17.5 Å². The number of aldehydes is 1.